The van der Waals surface area contributed by atoms with Gasteiger partial charge in [0.05, 0.1) is 6.26 Å². The molecule has 0 amide bonds. The second kappa shape index (κ2) is 10.4. The number of hydrogen-bond acceptors (Lipinski definition) is 4. The third kappa shape index (κ3) is 5.88. The lowest BCUT2D eigenvalue weighted by atomic mass is 9.82. The van der Waals surface area contributed by atoms with Crippen molar-refractivity contribution in [3.8, 4) is 5.75 Å². The van der Waals surface area contributed by atoms with Gasteiger partial charge in [0.25, 0.3) is 0 Å². The Kier molecular flexibility index (Phi) is 7.12. The summed E-state index contributed by atoms with van der Waals surface area (Å²) in [6.07, 6.45) is 7.04. The molecule has 1 unspecified atom stereocenters. The molecule has 3 aromatic rings. The molecule has 0 spiro atoms. The molecule has 1 atom stereocenters. The van der Waals surface area contributed by atoms with Gasteiger partial charge < -0.3 is 4.74 Å². The molecule has 1 fully saturated rings. The van der Waals surface area contributed by atoms with Crippen LogP contribution in [0.25, 0.3) is 0 Å². The molecule has 1 aliphatic carbocycles. The molecule has 1 aliphatic heterocycles. The standard InChI is InChI=1S/C29H34N2O3S/c1-35(32,33)30-25-10-7-9-24(20-25)29-27-11-4-3-8-22(27)12-13-23-21-26(14-15-28(23)29)34-19-18-31-16-5-2-6-17-31/h3-4,7-11,14-15,20-21,29-30H,2,5-6,12-13,16-19H2,1H3. The molecular formula is C29H34N2O3S. The third-order valence-corrected chi connectivity index (χ3v) is 7.71. The normalized spacial score (nSPS) is 18.3. The van der Waals surface area contributed by atoms with Crippen molar-refractivity contribution in [3.63, 3.8) is 0 Å². The zero-order valence-electron chi connectivity index (χ0n) is 20.4. The lowest BCUT2D eigenvalue weighted by molar-refractivity contribution is 0.183. The summed E-state index contributed by atoms with van der Waals surface area (Å²) in [7, 11) is -3.35. The number of benzene rings is 3. The van der Waals surface area contributed by atoms with Crippen molar-refractivity contribution >= 4 is 15.7 Å². The van der Waals surface area contributed by atoms with Crippen LogP contribution in [0, 0.1) is 0 Å². The maximum Gasteiger partial charge on any atom is 0.229 e. The summed E-state index contributed by atoms with van der Waals surface area (Å²) < 4.78 is 32.5. The molecule has 0 saturated carbocycles. The highest BCUT2D eigenvalue weighted by atomic mass is 32.2. The van der Waals surface area contributed by atoms with Crippen molar-refractivity contribution in [2.75, 3.05) is 37.2 Å². The summed E-state index contributed by atoms with van der Waals surface area (Å²) >= 11 is 0. The van der Waals surface area contributed by atoms with Gasteiger partial charge in [-0.25, -0.2) is 8.42 Å². The van der Waals surface area contributed by atoms with Gasteiger partial charge in [0, 0.05) is 18.2 Å². The maximum atomic E-state index is 11.8. The van der Waals surface area contributed by atoms with E-state index in [9.17, 15) is 8.42 Å². The van der Waals surface area contributed by atoms with Gasteiger partial charge >= 0.3 is 0 Å². The highest BCUT2D eigenvalue weighted by Crippen LogP contribution is 2.40. The number of piperidine rings is 1. The number of nitrogens with zero attached hydrogens (tertiary/aromatic N) is 1. The summed E-state index contributed by atoms with van der Waals surface area (Å²) in [5, 5.41) is 0. The second-order valence-electron chi connectivity index (χ2n) is 9.74. The predicted molar refractivity (Wildman–Crippen MR) is 142 cm³/mol. The highest BCUT2D eigenvalue weighted by Gasteiger charge is 2.26. The van der Waals surface area contributed by atoms with Crippen LogP contribution in [-0.2, 0) is 22.9 Å². The molecule has 2 aliphatic rings. The average Bonchev–Trinajstić information content (AvgIpc) is 3.00. The first-order valence-electron chi connectivity index (χ1n) is 12.6. The van der Waals surface area contributed by atoms with Crippen LogP contribution in [0.5, 0.6) is 5.75 Å². The summed E-state index contributed by atoms with van der Waals surface area (Å²) in [4.78, 5) is 2.50. The lowest BCUT2D eigenvalue weighted by Crippen LogP contribution is -2.33. The number of sulfonamides is 1. The number of nitrogens with one attached hydrogen (secondary N) is 1. The topological polar surface area (TPSA) is 58.6 Å². The van der Waals surface area contributed by atoms with Gasteiger partial charge in [-0.05, 0) is 90.9 Å². The molecule has 3 aromatic carbocycles. The second-order valence-corrected chi connectivity index (χ2v) is 11.5. The van der Waals surface area contributed by atoms with E-state index in [1.165, 1.54) is 60.9 Å². The number of anilines is 1. The SMILES string of the molecule is CS(=O)(=O)Nc1cccc(C2c3ccccc3CCc3cc(OCCN4CCCCC4)ccc32)c1. The highest BCUT2D eigenvalue weighted by molar-refractivity contribution is 7.92. The van der Waals surface area contributed by atoms with Crippen molar-refractivity contribution < 1.29 is 13.2 Å². The molecular weight excluding hydrogens is 456 g/mol. The van der Waals surface area contributed by atoms with E-state index in [1.54, 1.807) is 6.07 Å². The number of likely N-dealkylation sites (tertiary alicyclic amines) is 1. The van der Waals surface area contributed by atoms with Crippen LogP contribution in [0.3, 0.4) is 0 Å². The van der Waals surface area contributed by atoms with Crippen LogP contribution < -0.4 is 9.46 Å². The third-order valence-electron chi connectivity index (χ3n) is 7.10. The van der Waals surface area contributed by atoms with Crippen LogP contribution in [0.2, 0.25) is 0 Å². The Morgan fingerprint density at radius 1 is 0.886 bits per heavy atom. The molecule has 184 valence electrons. The number of fused-ring (bicyclic) bond motifs is 2. The Bertz CT molecular complexity index is 1280. The molecule has 0 bridgehead atoms. The van der Waals surface area contributed by atoms with Crippen molar-refractivity contribution in [2.24, 2.45) is 0 Å². The van der Waals surface area contributed by atoms with E-state index in [0.717, 1.165) is 30.7 Å². The van der Waals surface area contributed by atoms with Crippen molar-refractivity contribution in [1.82, 2.24) is 4.90 Å². The van der Waals surface area contributed by atoms with Crippen molar-refractivity contribution in [1.29, 1.82) is 0 Å². The monoisotopic (exact) mass is 490 g/mol. The molecule has 0 radical (unpaired) electrons. The quantitative estimate of drug-likeness (QED) is 0.495. The first kappa shape index (κ1) is 23.9. The molecule has 35 heavy (non-hydrogen) atoms. The van der Waals surface area contributed by atoms with E-state index < -0.39 is 10.0 Å². The van der Waals surface area contributed by atoms with Crippen molar-refractivity contribution in [3.05, 3.63) is 94.5 Å². The van der Waals surface area contributed by atoms with Gasteiger partial charge in [0.15, 0.2) is 0 Å². The van der Waals surface area contributed by atoms with Crippen LogP contribution >= 0.6 is 0 Å². The summed E-state index contributed by atoms with van der Waals surface area (Å²) in [5.41, 5.74) is 6.83. The summed E-state index contributed by atoms with van der Waals surface area (Å²) in [6.45, 7) is 4.05. The van der Waals surface area contributed by atoms with Gasteiger partial charge in [-0.3, -0.25) is 9.62 Å². The van der Waals surface area contributed by atoms with E-state index in [1.807, 2.05) is 12.1 Å². The Hall–Kier alpha value is -2.83. The Morgan fingerprint density at radius 3 is 2.49 bits per heavy atom. The summed E-state index contributed by atoms with van der Waals surface area (Å²) in [6, 6.07) is 22.9. The molecule has 0 aromatic heterocycles. The minimum atomic E-state index is -3.35. The Morgan fingerprint density at radius 2 is 1.66 bits per heavy atom. The number of aryl methyl sites for hydroxylation is 2. The first-order valence-corrected chi connectivity index (χ1v) is 14.5. The van der Waals surface area contributed by atoms with Gasteiger partial charge in [0.1, 0.15) is 12.4 Å². The number of rotatable bonds is 7. The smallest absolute Gasteiger partial charge is 0.229 e. The molecule has 1 saturated heterocycles. The largest absolute Gasteiger partial charge is 0.492 e. The predicted octanol–water partition coefficient (Wildman–Crippen LogP) is 5.20. The van der Waals surface area contributed by atoms with E-state index >= 15 is 0 Å². The Labute approximate surface area is 209 Å². The van der Waals surface area contributed by atoms with Gasteiger partial charge in [0.2, 0.25) is 10.0 Å². The molecule has 6 heteroatoms. The van der Waals surface area contributed by atoms with Crippen LogP contribution in [0.15, 0.2) is 66.7 Å². The van der Waals surface area contributed by atoms with E-state index in [0.29, 0.717) is 12.3 Å². The first-order chi connectivity index (χ1) is 17.0. The minimum absolute atomic E-state index is 0.0346. The fourth-order valence-corrected chi connectivity index (χ4v) is 6.04. The number of ether oxygens (including phenoxy) is 1. The fraction of sp³-hybridized carbons (Fsp3) is 0.379. The zero-order chi connectivity index (χ0) is 24.3. The number of hydrogen-bond donors (Lipinski definition) is 1. The summed E-state index contributed by atoms with van der Waals surface area (Å²) in [5.74, 6) is 0.963. The van der Waals surface area contributed by atoms with E-state index in [2.05, 4.69) is 58.2 Å². The average molecular weight is 491 g/mol. The van der Waals surface area contributed by atoms with Crippen LogP contribution in [0.4, 0.5) is 5.69 Å². The zero-order valence-corrected chi connectivity index (χ0v) is 21.2. The van der Waals surface area contributed by atoms with Gasteiger partial charge in [-0.1, -0.05) is 48.9 Å². The van der Waals surface area contributed by atoms with Crippen LogP contribution in [-0.4, -0.2) is 45.8 Å². The molecule has 1 N–H and O–H groups in total. The molecule has 5 nitrogen and oxygen atoms in total. The van der Waals surface area contributed by atoms with Gasteiger partial charge in [-0.15, -0.1) is 0 Å². The minimum Gasteiger partial charge on any atom is -0.492 e. The molecule has 5 rings (SSSR count). The van der Waals surface area contributed by atoms with Crippen LogP contribution in [0.1, 0.15) is 53.0 Å². The van der Waals surface area contributed by atoms with Crippen molar-refractivity contribution in [2.45, 2.75) is 38.0 Å². The Balaban J connectivity index is 1.44. The van der Waals surface area contributed by atoms with E-state index in [4.69, 9.17) is 4.74 Å². The maximum absolute atomic E-state index is 11.8. The van der Waals surface area contributed by atoms with Gasteiger partial charge in [-0.2, -0.15) is 0 Å². The fourth-order valence-electron chi connectivity index (χ4n) is 5.48. The lowest BCUT2D eigenvalue weighted by Gasteiger charge is -2.26. The van der Waals surface area contributed by atoms with E-state index in [-0.39, 0.29) is 5.92 Å². The molecule has 1 heterocycles.